The highest BCUT2D eigenvalue weighted by Crippen LogP contribution is 2.00. The molecule has 0 fully saturated rings. The van der Waals surface area contributed by atoms with Crippen LogP contribution in [-0.4, -0.2) is 52.3 Å². The van der Waals surface area contributed by atoms with Gasteiger partial charge in [-0.05, 0) is 25.4 Å². The molecule has 4 N–H and O–H groups in total. The van der Waals surface area contributed by atoms with Crippen LogP contribution < -0.4 is 10.6 Å². The first-order valence-electron chi connectivity index (χ1n) is 5.37. The van der Waals surface area contributed by atoms with E-state index < -0.39 is 30.4 Å². The van der Waals surface area contributed by atoms with Crippen LogP contribution in [0.15, 0.2) is 0 Å². The zero-order valence-electron chi connectivity index (χ0n) is 10.3. The van der Waals surface area contributed by atoms with E-state index in [9.17, 15) is 14.4 Å². The molecule has 0 aromatic carbocycles. The molecule has 0 aliphatic rings. The number of carboxylic acid groups (broad SMARTS) is 2. The van der Waals surface area contributed by atoms with Gasteiger partial charge >= 0.3 is 18.0 Å². The van der Waals surface area contributed by atoms with Crippen molar-refractivity contribution in [1.29, 1.82) is 0 Å². The van der Waals surface area contributed by atoms with Gasteiger partial charge in [0, 0.05) is 6.04 Å². The van der Waals surface area contributed by atoms with Gasteiger partial charge < -0.3 is 20.8 Å². The number of aliphatic carboxylic acids is 2. The zero-order chi connectivity index (χ0) is 14.1. The van der Waals surface area contributed by atoms with Crippen LogP contribution in [0.25, 0.3) is 0 Å². The third kappa shape index (κ3) is 7.77. The number of nitrogens with one attached hydrogen (secondary N) is 2. The fraction of sp³-hybridized carbons (Fsp3) is 0.700. The summed E-state index contributed by atoms with van der Waals surface area (Å²) in [5.74, 6) is -1.78. The summed E-state index contributed by atoms with van der Waals surface area (Å²) in [6.07, 6.45) is 2.05. The summed E-state index contributed by atoms with van der Waals surface area (Å²) in [6, 6.07) is -2.19. The minimum atomic E-state index is -1.42. The summed E-state index contributed by atoms with van der Waals surface area (Å²) in [5, 5.41) is 21.9. The summed E-state index contributed by atoms with van der Waals surface area (Å²) in [5.41, 5.74) is 0. The van der Waals surface area contributed by atoms with E-state index in [1.807, 2.05) is 6.26 Å². The first kappa shape index (κ1) is 16.6. The van der Waals surface area contributed by atoms with E-state index in [-0.39, 0.29) is 6.04 Å². The summed E-state index contributed by atoms with van der Waals surface area (Å²) < 4.78 is 0. The van der Waals surface area contributed by atoms with Gasteiger partial charge in [0.15, 0.2) is 0 Å². The summed E-state index contributed by atoms with van der Waals surface area (Å²) >= 11 is 1.64. The van der Waals surface area contributed by atoms with E-state index in [1.165, 1.54) is 0 Å². The highest BCUT2D eigenvalue weighted by atomic mass is 32.2. The van der Waals surface area contributed by atoms with Crippen LogP contribution in [0.2, 0.25) is 0 Å². The highest BCUT2D eigenvalue weighted by Gasteiger charge is 2.23. The van der Waals surface area contributed by atoms with Gasteiger partial charge in [-0.2, -0.15) is 11.8 Å². The SMILES string of the molecule is CSCCC(C)NC(=O)NC(CC(=O)O)C(=O)O. The Kier molecular flexibility index (Phi) is 7.93. The molecule has 0 saturated heterocycles. The Morgan fingerprint density at radius 2 is 1.83 bits per heavy atom. The van der Waals surface area contributed by atoms with Crippen molar-refractivity contribution in [2.75, 3.05) is 12.0 Å². The minimum Gasteiger partial charge on any atom is -0.481 e. The number of carbonyl (C=O) groups is 3. The van der Waals surface area contributed by atoms with Crippen molar-refractivity contribution in [1.82, 2.24) is 10.6 Å². The second-order valence-corrected chi connectivity index (χ2v) is 4.77. The maximum Gasteiger partial charge on any atom is 0.326 e. The number of thioether (sulfide) groups is 1. The lowest BCUT2D eigenvalue weighted by Crippen LogP contribution is -2.49. The smallest absolute Gasteiger partial charge is 0.326 e. The van der Waals surface area contributed by atoms with Crippen molar-refractivity contribution in [3.05, 3.63) is 0 Å². The molecule has 0 saturated carbocycles. The van der Waals surface area contributed by atoms with Gasteiger partial charge in [-0.3, -0.25) is 4.79 Å². The molecule has 0 radical (unpaired) electrons. The Labute approximate surface area is 109 Å². The van der Waals surface area contributed by atoms with Crippen molar-refractivity contribution < 1.29 is 24.6 Å². The van der Waals surface area contributed by atoms with Crippen molar-refractivity contribution in [3.63, 3.8) is 0 Å². The summed E-state index contributed by atoms with van der Waals surface area (Å²) in [4.78, 5) is 32.6. The number of urea groups is 1. The topological polar surface area (TPSA) is 116 Å². The normalized spacial score (nSPS) is 13.4. The lowest BCUT2D eigenvalue weighted by molar-refractivity contribution is -0.145. The standard InChI is InChI=1S/C10H18N2O5S/c1-6(3-4-18-2)11-10(17)12-7(9(15)16)5-8(13)14/h6-7H,3-5H2,1-2H3,(H,13,14)(H,15,16)(H2,11,12,17). The predicted molar refractivity (Wildman–Crippen MR) is 67.8 cm³/mol. The first-order chi connectivity index (χ1) is 8.36. The molecule has 7 nitrogen and oxygen atoms in total. The summed E-state index contributed by atoms with van der Waals surface area (Å²) in [6.45, 7) is 1.79. The van der Waals surface area contributed by atoms with E-state index in [0.29, 0.717) is 0 Å². The molecule has 104 valence electrons. The van der Waals surface area contributed by atoms with Crippen molar-refractivity contribution in [2.45, 2.75) is 31.8 Å². The van der Waals surface area contributed by atoms with Crippen LogP contribution in [-0.2, 0) is 9.59 Å². The Balaban J connectivity index is 4.17. The van der Waals surface area contributed by atoms with Crippen LogP contribution >= 0.6 is 11.8 Å². The molecule has 0 aromatic rings. The second-order valence-electron chi connectivity index (χ2n) is 3.79. The molecule has 18 heavy (non-hydrogen) atoms. The Bertz CT molecular complexity index is 311. The van der Waals surface area contributed by atoms with Crippen molar-refractivity contribution in [3.8, 4) is 0 Å². The molecule has 2 unspecified atom stereocenters. The van der Waals surface area contributed by atoms with E-state index in [1.54, 1.807) is 18.7 Å². The molecule has 0 rings (SSSR count). The molecule has 0 aliphatic carbocycles. The summed E-state index contributed by atoms with van der Waals surface area (Å²) in [7, 11) is 0. The van der Waals surface area contributed by atoms with Crippen LogP contribution in [0, 0.1) is 0 Å². The van der Waals surface area contributed by atoms with Gasteiger partial charge in [0.05, 0.1) is 6.42 Å². The van der Waals surface area contributed by atoms with E-state index in [4.69, 9.17) is 10.2 Å². The van der Waals surface area contributed by atoms with Gasteiger partial charge in [0.25, 0.3) is 0 Å². The largest absolute Gasteiger partial charge is 0.481 e. The van der Waals surface area contributed by atoms with Crippen LogP contribution in [0.1, 0.15) is 19.8 Å². The Morgan fingerprint density at radius 1 is 1.22 bits per heavy atom. The maximum absolute atomic E-state index is 11.4. The molecular weight excluding hydrogens is 260 g/mol. The number of hydrogen-bond acceptors (Lipinski definition) is 4. The highest BCUT2D eigenvalue weighted by molar-refractivity contribution is 7.98. The molecule has 0 bridgehead atoms. The Morgan fingerprint density at radius 3 is 2.28 bits per heavy atom. The average molecular weight is 278 g/mol. The van der Waals surface area contributed by atoms with Crippen LogP contribution in [0.4, 0.5) is 4.79 Å². The molecule has 0 aromatic heterocycles. The maximum atomic E-state index is 11.4. The monoisotopic (exact) mass is 278 g/mol. The van der Waals surface area contributed by atoms with Gasteiger partial charge in [0.2, 0.25) is 0 Å². The van der Waals surface area contributed by atoms with Crippen molar-refractivity contribution in [2.24, 2.45) is 0 Å². The van der Waals surface area contributed by atoms with Gasteiger partial charge in [0.1, 0.15) is 6.04 Å². The second kappa shape index (κ2) is 8.62. The lowest BCUT2D eigenvalue weighted by Gasteiger charge is -2.17. The van der Waals surface area contributed by atoms with Gasteiger partial charge in [-0.15, -0.1) is 0 Å². The Hall–Kier alpha value is -1.44. The van der Waals surface area contributed by atoms with Crippen LogP contribution in [0.5, 0.6) is 0 Å². The zero-order valence-corrected chi connectivity index (χ0v) is 11.1. The molecule has 0 heterocycles. The molecule has 0 spiro atoms. The van der Waals surface area contributed by atoms with Gasteiger partial charge in [-0.25, -0.2) is 9.59 Å². The van der Waals surface area contributed by atoms with Crippen molar-refractivity contribution >= 4 is 29.7 Å². The number of rotatable bonds is 8. The van der Waals surface area contributed by atoms with E-state index >= 15 is 0 Å². The molecule has 2 amide bonds. The quantitative estimate of drug-likeness (QED) is 0.509. The number of amides is 2. The predicted octanol–water partition coefficient (Wildman–Crippen LogP) is 0.355. The number of carboxylic acids is 2. The van der Waals surface area contributed by atoms with E-state index in [2.05, 4.69) is 10.6 Å². The molecule has 0 aliphatic heterocycles. The lowest BCUT2D eigenvalue weighted by atomic mass is 10.2. The van der Waals surface area contributed by atoms with Crippen LogP contribution in [0.3, 0.4) is 0 Å². The van der Waals surface area contributed by atoms with Gasteiger partial charge in [-0.1, -0.05) is 0 Å². The molecular formula is C10H18N2O5S. The minimum absolute atomic E-state index is 0.100. The third-order valence-electron chi connectivity index (χ3n) is 2.11. The average Bonchev–Trinajstić information content (AvgIpc) is 2.24. The van der Waals surface area contributed by atoms with E-state index in [0.717, 1.165) is 12.2 Å². The molecule has 2 atom stereocenters. The molecule has 8 heteroatoms. The number of carbonyl (C=O) groups excluding carboxylic acids is 1. The fourth-order valence-corrected chi connectivity index (χ4v) is 1.75. The first-order valence-corrected chi connectivity index (χ1v) is 6.76. The fourth-order valence-electron chi connectivity index (χ4n) is 1.17. The number of hydrogen-bond donors (Lipinski definition) is 4. The third-order valence-corrected chi connectivity index (χ3v) is 2.76.